The Bertz CT molecular complexity index is 496. The topological polar surface area (TPSA) is 66.4 Å². The van der Waals surface area contributed by atoms with Crippen molar-refractivity contribution >= 4 is 18.0 Å². The second-order valence-electron chi connectivity index (χ2n) is 5.09. The number of aliphatic carboxylic acids is 1. The molecule has 0 heterocycles. The molecule has 2 atom stereocenters. The summed E-state index contributed by atoms with van der Waals surface area (Å²) in [6.07, 6.45) is 6.46. The lowest BCUT2D eigenvalue weighted by molar-refractivity contribution is -0.144. The lowest BCUT2D eigenvalue weighted by Gasteiger charge is -2.28. The molecule has 0 aromatic heterocycles. The number of carboxylic acid groups (broad SMARTS) is 1. The first-order valence-electron chi connectivity index (χ1n) is 6.93. The van der Waals surface area contributed by atoms with Crippen LogP contribution in [0, 0.1) is 5.92 Å². The quantitative estimate of drug-likeness (QED) is 0.828. The maximum atomic E-state index is 11.9. The number of carbonyl (C=O) groups is 2. The van der Waals surface area contributed by atoms with Crippen molar-refractivity contribution in [1.29, 1.82) is 0 Å². The molecule has 2 rings (SSSR count). The number of benzene rings is 1. The van der Waals surface area contributed by atoms with Crippen LogP contribution in [0.3, 0.4) is 0 Å². The summed E-state index contributed by atoms with van der Waals surface area (Å²) in [6, 6.07) is 9.28. The predicted molar refractivity (Wildman–Crippen MR) is 77.0 cm³/mol. The lowest BCUT2D eigenvalue weighted by Crippen LogP contribution is -2.44. The Morgan fingerprint density at radius 3 is 2.55 bits per heavy atom. The highest BCUT2D eigenvalue weighted by molar-refractivity contribution is 5.92. The summed E-state index contributed by atoms with van der Waals surface area (Å²) in [5.74, 6) is -1.51. The van der Waals surface area contributed by atoms with E-state index >= 15 is 0 Å². The molecule has 2 N–H and O–H groups in total. The summed E-state index contributed by atoms with van der Waals surface area (Å²) in [4.78, 5) is 23.0. The van der Waals surface area contributed by atoms with Crippen molar-refractivity contribution in [3.8, 4) is 0 Å². The van der Waals surface area contributed by atoms with E-state index < -0.39 is 11.9 Å². The zero-order chi connectivity index (χ0) is 14.4. The van der Waals surface area contributed by atoms with Crippen molar-refractivity contribution in [2.24, 2.45) is 5.92 Å². The number of nitrogens with one attached hydrogen (secondary N) is 1. The van der Waals surface area contributed by atoms with Gasteiger partial charge in [-0.2, -0.15) is 0 Å². The zero-order valence-corrected chi connectivity index (χ0v) is 11.3. The minimum absolute atomic E-state index is 0.230. The summed E-state index contributed by atoms with van der Waals surface area (Å²) in [5, 5.41) is 12.0. The monoisotopic (exact) mass is 273 g/mol. The van der Waals surface area contributed by atoms with Gasteiger partial charge in [-0.3, -0.25) is 9.59 Å². The molecule has 0 aliphatic heterocycles. The highest BCUT2D eigenvalue weighted by Gasteiger charge is 2.31. The van der Waals surface area contributed by atoms with E-state index in [-0.39, 0.29) is 11.9 Å². The molecule has 1 amide bonds. The molecule has 0 radical (unpaired) electrons. The van der Waals surface area contributed by atoms with Crippen LogP contribution < -0.4 is 5.32 Å². The molecular weight excluding hydrogens is 254 g/mol. The third kappa shape index (κ3) is 3.95. The summed E-state index contributed by atoms with van der Waals surface area (Å²) >= 11 is 0. The van der Waals surface area contributed by atoms with Gasteiger partial charge >= 0.3 is 5.97 Å². The van der Waals surface area contributed by atoms with Gasteiger partial charge in [0.2, 0.25) is 5.91 Å². The van der Waals surface area contributed by atoms with Crippen molar-refractivity contribution < 1.29 is 14.7 Å². The van der Waals surface area contributed by atoms with Gasteiger partial charge in [-0.15, -0.1) is 0 Å². The van der Waals surface area contributed by atoms with E-state index in [0.29, 0.717) is 6.42 Å². The van der Waals surface area contributed by atoms with Crippen LogP contribution in [0.2, 0.25) is 0 Å². The maximum Gasteiger partial charge on any atom is 0.308 e. The molecule has 4 nitrogen and oxygen atoms in total. The molecule has 1 aromatic carbocycles. The summed E-state index contributed by atoms with van der Waals surface area (Å²) in [5.41, 5.74) is 0.945. The first kappa shape index (κ1) is 14.3. The smallest absolute Gasteiger partial charge is 0.308 e. The molecule has 4 heteroatoms. The third-order valence-corrected chi connectivity index (χ3v) is 3.64. The highest BCUT2D eigenvalue weighted by Crippen LogP contribution is 2.24. The SMILES string of the molecule is O=C(C=Cc1ccccc1)NC1CCCCC1C(=O)O. The molecular formula is C16H19NO3. The van der Waals surface area contributed by atoms with E-state index in [1.54, 1.807) is 6.08 Å². The summed E-state index contributed by atoms with van der Waals surface area (Å²) in [6.45, 7) is 0. The molecule has 2 unspecified atom stereocenters. The first-order chi connectivity index (χ1) is 9.66. The van der Waals surface area contributed by atoms with E-state index in [4.69, 9.17) is 5.11 Å². The van der Waals surface area contributed by atoms with E-state index in [9.17, 15) is 9.59 Å². The van der Waals surface area contributed by atoms with Gasteiger partial charge in [0.15, 0.2) is 0 Å². The lowest BCUT2D eigenvalue weighted by atomic mass is 9.84. The van der Waals surface area contributed by atoms with Crippen LogP contribution in [0.1, 0.15) is 31.2 Å². The molecule has 1 aromatic rings. The van der Waals surface area contributed by atoms with Gasteiger partial charge in [0.05, 0.1) is 5.92 Å². The number of rotatable bonds is 4. The minimum atomic E-state index is -0.818. The Morgan fingerprint density at radius 2 is 1.85 bits per heavy atom. The van der Waals surface area contributed by atoms with Crippen LogP contribution in [0.4, 0.5) is 0 Å². The van der Waals surface area contributed by atoms with Crippen molar-refractivity contribution in [3.05, 3.63) is 42.0 Å². The highest BCUT2D eigenvalue weighted by atomic mass is 16.4. The van der Waals surface area contributed by atoms with Gasteiger partial charge in [0, 0.05) is 12.1 Å². The molecule has 0 bridgehead atoms. The van der Waals surface area contributed by atoms with E-state index in [0.717, 1.165) is 24.8 Å². The fourth-order valence-electron chi connectivity index (χ4n) is 2.57. The minimum Gasteiger partial charge on any atom is -0.481 e. The molecule has 20 heavy (non-hydrogen) atoms. The van der Waals surface area contributed by atoms with Crippen LogP contribution in [0.5, 0.6) is 0 Å². The van der Waals surface area contributed by atoms with E-state index in [1.165, 1.54) is 6.08 Å². The second-order valence-corrected chi connectivity index (χ2v) is 5.09. The molecule has 1 aliphatic rings. The van der Waals surface area contributed by atoms with Gasteiger partial charge in [-0.05, 0) is 24.5 Å². The molecule has 1 saturated carbocycles. The van der Waals surface area contributed by atoms with Gasteiger partial charge in [-0.25, -0.2) is 0 Å². The third-order valence-electron chi connectivity index (χ3n) is 3.64. The first-order valence-corrected chi connectivity index (χ1v) is 6.93. The molecule has 1 fully saturated rings. The molecule has 0 spiro atoms. The maximum absolute atomic E-state index is 11.9. The second kappa shape index (κ2) is 6.89. The van der Waals surface area contributed by atoms with E-state index in [2.05, 4.69) is 5.32 Å². The van der Waals surface area contributed by atoms with Gasteiger partial charge in [0.1, 0.15) is 0 Å². The normalized spacial score (nSPS) is 22.6. The summed E-state index contributed by atoms with van der Waals surface area (Å²) in [7, 11) is 0. The Labute approximate surface area is 118 Å². The van der Waals surface area contributed by atoms with Gasteiger partial charge in [0.25, 0.3) is 0 Å². The van der Waals surface area contributed by atoms with Gasteiger partial charge < -0.3 is 10.4 Å². The zero-order valence-electron chi connectivity index (χ0n) is 11.3. The molecule has 0 saturated heterocycles. The fraction of sp³-hybridized carbons (Fsp3) is 0.375. The van der Waals surface area contributed by atoms with Crippen LogP contribution in [-0.4, -0.2) is 23.0 Å². The van der Waals surface area contributed by atoms with Crippen LogP contribution >= 0.6 is 0 Å². The van der Waals surface area contributed by atoms with Crippen molar-refractivity contribution in [3.63, 3.8) is 0 Å². The average Bonchev–Trinajstić information content (AvgIpc) is 2.46. The number of hydrogen-bond acceptors (Lipinski definition) is 2. The summed E-state index contributed by atoms with van der Waals surface area (Å²) < 4.78 is 0. The number of carbonyl (C=O) groups excluding carboxylic acids is 1. The Hall–Kier alpha value is -2.10. The van der Waals surface area contributed by atoms with Crippen molar-refractivity contribution in [1.82, 2.24) is 5.32 Å². The fourth-order valence-corrected chi connectivity index (χ4v) is 2.57. The number of carboxylic acids is 1. The molecule has 106 valence electrons. The standard InChI is InChI=1S/C16H19NO3/c18-15(11-10-12-6-2-1-3-7-12)17-14-9-5-4-8-13(14)16(19)20/h1-3,6-7,10-11,13-14H,4-5,8-9H2,(H,17,18)(H,19,20). The number of hydrogen-bond donors (Lipinski definition) is 2. The van der Waals surface area contributed by atoms with Crippen LogP contribution in [0.25, 0.3) is 6.08 Å². The van der Waals surface area contributed by atoms with Gasteiger partial charge in [-0.1, -0.05) is 43.2 Å². The average molecular weight is 273 g/mol. The Kier molecular flexibility index (Phi) is 4.93. The largest absolute Gasteiger partial charge is 0.481 e. The van der Waals surface area contributed by atoms with Crippen molar-refractivity contribution in [2.75, 3.05) is 0 Å². The Morgan fingerprint density at radius 1 is 1.15 bits per heavy atom. The van der Waals surface area contributed by atoms with Crippen LogP contribution in [-0.2, 0) is 9.59 Å². The van der Waals surface area contributed by atoms with E-state index in [1.807, 2.05) is 30.3 Å². The van der Waals surface area contributed by atoms with Crippen LogP contribution in [0.15, 0.2) is 36.4 Å². The molecule has 1 aliphatic carbocycles. The van der Waals surface area contributed by atoms with Crippen molar-refractivity contribution in [2.45, 2.75) is 31.7 Å². The number of amides is 1. The predicted octanol–water partition coefficient (Wildman–Crippen LogP) is 2.46. The Balaban J connectivity index is 1.93.